The fraction of sp³-hybridized carbons (Fsp3) is 0.0588. The van der Waals surface area contributed by atoms with E-state index in [1.165, 1.54) is 12.1 Å². The quantitative estimate of drug-likeness (QED) is 0.771. The maximum atomic E-state index is 13.4. The van der Waals surface area contributed by atoms with Gasteiger partial charge in [-0.05, 0) is 48.4 Å². The van der Waals surface area contributed by atoms with Crippen LogP contribution in [-0.2, 0) is 0 Å². The smallest absolute Gasteiger partial charge is 0.338 e. The largest absolute Gasteiger partial charge is 0.478 e. The maximum absolute atomic E-state index is 13.4. The second-order valence-corrected chi connectivity index (χ2v) is 4.86. The minimum atomic E-state index is -1.27. The molecule has 0 fully saturated rings. The molecule has 0 spiro atoms. The molecule has 0 saturated heterocycles. The van der Waals surface area contributed by atoms with Gasteiger partial charge in [0.15, 0.2) is 0 Å². The molecular formula is C17H12FNO2. The summed E-state index contributed by atoms with van der Waals surface area (Å²) in [5.41, 5.74) is 2.98. The number of rotatable bonds is 2. The molecule has 2 aromatic carbocycles. The molecule has 1 N–H and O–H groups in total. The van der Waals surface area contributed by atoms with E-state index in [4.69, 9.17) is 5.11 Å². The van der Waals surface area contributed by atoms with E-state index in [-0.39, 0.29) is 5.56 Å². The van der Waals surface area contributed by atoms with Crippen LogP contribution in [-0.4, -0.2) is 16.1 Å². The lowest BCUT2D eigenvalue weighted by Crippen LogP contribution is -2.00. The second-order valence-electron chi connectivity index (χ2n) is 4.86. The zero-order valence-electron chi connectivity index (χ0n) is 11.3. The van der Waals surface area contributed by atoms with Crippen LogP contribution < -0.4 is 0 Å². The average molecular weight is 281 g/mol. The van der Waals surface area contributed by atoms with Crippen LogP contribution in [0.1, 0.15) is 16.1 Å². The first-order valence-electron chi connectivity index (χ1n) is 6.45. The van der Waals surface area contributed by atoms with Gasteiger partial charge in [-0.1, -0.05) is 18.2 Å². The summed E-state index contributed by atoms with van der Waals surface area (Å²) < 4.78 is 13.4. The SMILES string of the molecule is Cc1ccc2cc(-c3ccc(F)c(C(=O)O)c3)ccc2n1. The van der Waals surface area contributed by atoms with E-state index in [0.29, 0.717) is 5.56 Å². The van der Waals surface area contributed by atoms with Crippen molar-refractivity contribution in [1.82, 2.24) is 4.98 Å². The predicted octanol–water partition coefficient (Wildman–Crippen LogP) is 4.05. The molecule has 0 radical (unpaired) electrons. The normalized spacial score (nSPS) is 10.8. The van der Waals surface area contributed by atoms with Crippen LogP contribution in [0.25, 0.3) is 22.0 Å². The number of aryl methyl sites for hydroxylation is 1. The van der Waals surface area contributed by atoms with Crippen LogP contribution in [0.3, 0.4) is 0 Å². The third-order valence-corrected chi connectivity index (χ3v) is 3.36. The molecule has 104 valence electrons. The zero-order valence-corrected chi connectivity index (χ0v) is 11.3. The summed E-state index contributed by atoms with van der Waals surface area (Å²) in [5.74, 6) is -2.00. The second kappa shape index (κ2) is 4.98. The Morgan fingerprint density at radius 3 is 2.52 bits per heavy atom. The van der Waals surface area contributed by atoms with Crippen molar-refractivity contribution in [3.63, 3.8) is 0 Å². The lowest BCUT2D eigenvalue weighted by molar-refractivity contribution is 0.0692. The van der Waals surface area contributed by atoms with Gasteiger partial charge in [0.25, 0.3) is 0 Å². The number of carboxylic acids is 1. The van der Waals surface area contributed by atoms with Crippen molar-refractivity contribution < 1.29 is 14.3 Å². The number of hydrogen-bond acceptors (Lipinski definition) is 2. The molecule has 3 rings (SSSR count). The number of carbonyl (C=O) groups is 1. The molecule has 0 aliphatic carbocycles. The Morgan fingerprint density at radius 2 is 1.76 bits per heavy atom. The van der Waals surface area contributed by atoms with Crippen molar-refractivity contribution >= 4 is 16.9 Å². The summed E-state index contributed by atoms with van der Waals surface area (Å²) >= 11 is 0. The fourth-order valence-electron chi connectivity index (χ4n) is 2.28. The molecule has 4 heteroatoms. The number of hydrogen-bond donors (Lipinski definition) is 1. The summed E-state index contributed by atoms with van der Waals surface area (Å²) in [6, 6.07) is 13.6. The van der Waals surface area contributed by atoms with E-state index in [9.17, 15) is 9.18 Å². The summed E-state index contributed by atoms with van der Waals surface area (Å²) in [6.07, 6.45) is 0. The molecule has 0 bridgehead atoms. The topological polar surface area (TPSA) is 50.2 Å². The molecule has 0 amide bonds. The Kier molecular flexibility index (Phi) is 3.14. The molecule has 0 aliphatic heterocycles. The number of nitrogens with zero attached hydrogens (tertiary/aromatic N) is 1. The van der Waals surface area contributed by atoms with Crippen molar-refractivity contribution in [3.05, 3.63) is 65.6 Å². The van der Waals surface area contributed by atoms with Crippen molar-refractivity contribution in [3.8, 4) is 11.1 Å². The van der Waals surface area contributed by atoms with Gasteiger partial charge < -0.3 is 5.11 Å². The molecule has 1 aromatic heterocycles. The summed E-state index contributed by atoms with van der Waals surface area (Å²) in [4.78, 5) is 15.4. The minimum absolute atomic E-state index is 0.324. The van der Waals surface area contributed by atoms with E-state index in [2.05, 4.69) is 4.98 Å². The Morgan fingerprint density at radius 1 is 1.05 bits per heavy atom. The Balaban J connectivity index is 2.14. The van der Waals surface area contributed by atoms with Gasteiger partial charge in [0, 0.05) is 11.1 Å². The molecule has 0 saturated carbocycles. The number of benzene rings is 2. The van der Waals surface area contributed by atoms with E-state index in [1.54, 1.807) is 6.07 Å². The first-order valence-corrected chi connectivity index (χ1v) is 6.45. The van der Waals surface area contributed by atoms with Gasteiger partial charge in [0.1, 0.15) is 5.82 Å². The maximum Gasteiger partial charge on any atom is 0.338 e. The Labute approximate surface area is 120 Å². The molecule has 3 nitrogen and oxygen atoms in total. The highest BCUT2D eigenvalue weighted by atomic mass is 19.1. The van der Waals surface area contributed by atoms with Crippen molar-refractivity contribution in [2.24, 2.45) is 0 Å². The van der Waals surface area contributed by atoms with Crippen LogP contribution in [0.2, 0.25) is 0 Å². The lowest BCUT2D eigenvalue weighted by Gasteiger charge is -2.06. The van der Waals surface area contributed by atoms with Crippen molar-refractivity contribution in [2.75, 3.05) is 0 Å². The number of halogens is 1. The van der Waals surface area contributed by atoms with E-state index < -0.39 is 11.8 Å². The molecule has 0 unspecified atom stereocenters. The third kappa shape index (κ3) is 2.48. The average Bonchev–Trinajstić information content (AvgIpc) is 2.47. The van der Waals surface area contributed by atoms with Gasteiger partial charge in [-0.15, -0.1) is 0 Å². The zero-order chi connectivity index (χ0) is 15.0. The van der Waals surface area contributed by atoms with Gasteiger partial charge in [-0.2, -0.15) is 0 Å². The number of aromatic nitrogens is 1. The highest BCUT2D eigenvalue weighted by molar-refractivity contribution is 5.91. The highest BCUT2D eigenvalue weighted by Crippen LogP contribution is 2.25. The van der Waals surface area contributed by atoms with Gasteiger partial charge in [-0.25, -0.2) is 9.18 Å². The minimum Gasteiger partial charge on any atom is -0.478 e. The summed E-state index contributed by atoms with van der Waals surface area (Å²) in [7, 11) is 0. The molecule has 3 aromatic rings. The van der Waals surface area contributed by atoms with Crippen LogP contribution in [0.15, 0.2) is 48.5 Å². The lowest BCUT2D eigenvalue weighted by atomic mass is 10.0. The van der Waals surface area contributed by atoms with Gasteiger partial charge in [0.2, 0.25) is 0 Å². The molecule has 0 aliphatic rings. The van der Waals surface area contributed by atoms with E-state index >= 15 is 0 Å². The van der Waals surface area contributed by atoms with Crippen LogP contribution in [0, 0.1) is 12.7 Å². The number of aromatic carboxylic acids is 1. The van der Waals surface area contributed by atoms with Crippen LogP contribution in [0.5, 0.6) is 0 Å². The van der Waals surface area contributed by atoms with Gasteiger partial charge >= 0.3 is 5.97 Å². The highest BCUT2D eigenvalue weighted by Gasteiger charge is 2.11. The van der Waals surface area contributed by atoms with E-state index in [1.807, 2.05) is 37.3 Å². The van der Waals surface area contributed by atoms with E-state index in [0.717, 1.165) is 22.2 Å². The van der Waals surface area contributed by atoms with Crippen molar-refractivity contribution in [1.29, 1.82) is 0 Å². The summed E-state index contributed by atoms with van der Waals surface area (Å²) in [5, 5.41) is 9.95. The molecule has 21 heavy (non-hydrogen) atoms. The summed E-state index contributed by atoms with van der Waals surface area (Å²) in [6.45, 7) is 1.92. The number of fused-ring (bicyclic) bond motifs is 1. The Bertz CT molecular complexity index is 859. The standard InChI is InChI=1S/C17H12FNO2/c1-10-2-3-13-8-11(5-7-16(13)19-10)12-4-6-15(18)14(9-12)17(20)21/h2-9H,1H3,(H,20,21). The number of carboxylic acid groups (broad SMARTS) is 1. The van der Waals surface area contributed by atoms with Crippen LogP contribution in [0.4, 0.5) is 4.39 Å². The monoisotopic (exact) mass is 281 g/mol. The predicted molar refractivity (Wildman–Crippen MR) is 78.8 cm³/mol. The first kappa shape index (κ1) is 13.2. The first-order chi connectivity index (χ1) is 10.0. The fourth-order valence-corrected chi connectivity index (χ4v) is 2.28. The Hall–Kier alpha value is -2.75. The molecule has 1 heterocycles. The third-order valence-electron chi connectivity index (χ3n) is 3.36. The van der Waals surface area contributed by atoms with Crippen molar-refractivity contribution in [2.45, 2.75) is 6.92 Å². The van der Waals surface area contributed by atoms with Gasteiger partial charge in [-0.3, -0.25) is 4.98 Å². The molecular weight excluding hydrogens is 269 g/mol. The number of pyridine rings is 1. The molecule has 0 atom stereocenters. The van der Waals surface area contributed by atoms with Crippen LogP contribution >= 0.6 is 0 Å². The van der Waals surface area contributed by atoms with Gasteiger partial charge in [0.05, 0.1) is 11.1 Å².